The molecule has 1 fully saturated rings. The SMILES string of the molecule is C#CC1(N)C(O)[C@@H]([C@H](C)O)O[C@H]1n1c(C)cc(N)nc1=O. The fourth-order valence-corrected chi connectivity index (χ4v) is 2.48. The molecule has 6 N–H and O–H groups in total. The van der Waals surface area contributed by atoms with E-state index in [9.17, 15) is 15.0 Å². The number of hydrogen-bond donors (Lipinski definition) is 4. The van der Waals surface area contributed by atoms with Crippen LogP contribution in [-0.4, -0.2) is 43.6 Å². The number of aryl methyl sites for hydroxylation is 1. The third-order valence-electron chi connectivity index (χ3n) is 3.62. The van der Waals surface area contributed by atoms with Crippen LogP contribution >= 0.6 is 0 Å². The lowest BCUT2D eigenvalue weighted by atomic mass is 9.90. The molecule has 2 unspecified atom stereocenters. The highest BCUT2D eigenvalue weighted by molar-refractivity contribution is 5.30. The van der Waals surface area contributed by atoms with Gasteiger partial charge in [0.25, 0.3) is 0 Å². The predicted molar refractivity (Wildman–Crippen MR) is 75.0 cm³/mol. The molecule has 1 aliphatic rings. The maximum Gasteiger partial charge on any atom is 0.351 e. The Balaban J connectivity index is 2.59. The molecular weight excluding hydrogens is 276 g/mol. The molecule has 0 aromatic carbocycles. The van der Waals surface area contributed by atoms with Gasteiger partial charge >= 0.3 is 5.69 Å². The molecule has 2 heterocycles. The highest BCUT2D eigenvalue weighted by Gasteiger charge is 2.56. The molecule has 0 saturated carbocycles. The number of aliphatic hydroxyl groups excluding tert-OH is 2. The quantitative estimate of drug-likeness (QED) is 0.468. The Morgan fingerprint density at radius 2 is 2.29 bits per heavy atom. The van der Waals surface area contributed by atoms with Crippen molar-refractivity contribution in [1.82, 2.24) is 9.55 Å². The first-order valence-electron chi connectivity index (χ1n) is 6.36. The van der Waals surface area contributed by atoms with Crippen molar-refractivity contribution in [2.45, 2.75) is 43.9 Å². The molecule has 1 aromatic heterocycles. The van der Waals surface area contributed by atoms with Crippen LogP contribution in [0.3, 0.4) is 0 Å². The second-order valence-electron chi connectivity index (χ2n) is 5.19. The van der Waals surface area contributed by atoms with Crippen molar-refractivity contribution in [3.63, 3.8) is 0 Å². The summed E-state index contributed by atoms with van der Waals surface area (Å²) < 4.78 is 6.67. The third kappa shape index (κ3) is 2.30. The standard InChI is InChI=1S/C13H18N4O4/c1-4-13(15)10(19)9(7(3)18)21-11(13)17-6(2)5-8(14)16-12(17)20/h1,5,7,9-11,18-19H,15H2,2-3H3,(H2,14,16,20)/t7-,9+,10?,11+,13?/m0/s1. The maximum absolute atomic E-state index is 12.1. The van der Waals surface area contributed by atoms with E-state index in [4.69, 9.17) is 22.6 Å². The summed E-state index contributed by atoms with van der Waals surface area (Å²) in [5.74, 6) is 2.32. The smallest absolute Gasteiger partial charge is 0.351 e. The van der Waals surface area contributed by atoms with Gasteiger partial charge in [0.05, 0.1) is 6.10 Å². The molecule has 2 rings (SSSR count). The van der Waals surface area contributed by atoms with Gasteiger partial charge in [0, 0.05) is 5.69 Å². The van der Waals surface area contributed by atoms with E-state index in [1.54, 1.807) is 6.92 Å². The molecule has 8 heteroatoms. The first-order chi connectivity index (χ1) is 9.72. The summed E-state index contributed by atoms with van der Waals surface area (Å²) in [6.45, 7) is 3.05. The predicted octanol–water partition coefficient (Wildman–Crippen LogP) is -1.90. The zero-order valence-electron chi connectivity index (χ0n) is 11.7. The molecule has 8 nitrogen and oxygen atoms in total. The number of nitrogen functional groups attached to an aromatic ring is 1. The van der Waals surface area contributed by atoms with Gasteiger partial charge in [-0.2, -0.15) is 4.98 Å². The highest BCUT2D eigenvalue weighted by Crippen LogP contribution is 2.37. The topological polar surface area (TPSA) is 137 Å². The van der Waals surface area contributed by atoms with E-state index < -0.39 is 35.8 Å². The summed E-state index contributed by atoms with van der Waals surface area (Å²) >= 11 is 0. The van der Waals surface area contributed by atoms with E-state index in [1.165, 1.54) is 13.0 Å². The van der Waals surface area contributed by atoms with Crippen LogP contribution in [-0.2, 0) is 4.74 Å². The number of aliphatic hydroxyl groups is 2. The summed E-state index contributed by atoms with van der Waals surface area (Å²) in [5.41, 5.74) is 9.61. The lowest BCUT2D eigenvalue weighted by molar-refractivity contribution is -0.0783. The van der Waals surface area contributed by atoms with Gasteiger partial charge in [-0.15, -0.1) is 6.42 Å². The van der Waals surface area contributed by atoms with Gasteiger partial charge < -0.3 is 26.4 Å². The Hall–Kier alpha value is -1.92. The summed E-state index contributed by atoms with van der Waals surface area (Å²) in [5, 5.41) is 19.9. The average Bonchev–Trinajstić information content (AvgIpc) is 2.63. The minimum atomic E-state index is -1.67. The lowest BCUT2D eigenvalue weighted by Crippen LogP contribution is -2.55. The molecular formula is C13H18N4O4. The second-order valence-corrected chi connectivity index (χ2v) is 5.19. The van der Waals surface area contributed by atoms with Gasteiger partial charge in [0.2, 0.25) is 0 Å². The molecule has 1 aliphatic heterocycles. The molecule has 114 valence electrons. The lowest BCUT2D eigenvalue weighted by Gasteiger charge is -2.28. The van der Waals surface area contributed by atoms with Crippen molar-refractivity contribution in [3.05, 3.63) is 22.2 Å². The molecule has 1 saturated heterocycles. The Morgan fingerprint density at radius 1 is 1.67 bits per heavy atom. The number of rotatable bonds is 2. The van der Waals surface area contributed by atoms with E-state index in [-0.39, 0.29) is 5.82 Å². The van der Waals surface area contributed by atoms with Crippen LogP contribution in [0.2, 0.25) is 0 Å². The Bertz CT molecular complexity index is 651. The van der Waals surface area contributed by atoms with Crippen LogP contribution in [0, 0.1) is 19.3 Å². The first-order valence-corrected chi connectivity index (χ1v) is 6.36. The first kappa shape index (κ1) is 15.5. The fraction of sp³-hybridized carbons (Fsp3) is 0.538. The second kappa shape index (κ2) is 5.13. The van der Waals surface area contributed by atoms with Gasteiger partial charge in [-0.3, -0.25) is 4.57 Å². The minimum Gasteiger partial charge on any atom is -0.391 e. The number of hydrogen-bond acceptors (Lipinski definition) is 7. The molecule has 0 aliphatic carbocycles. The normalized spacial score (nSPS) is 33.6. The van der Waals surface area contributed by atoms with Crippen molar-refractivity contribution in [3.8, 4) is 12.3 Å². The number of ether oxygens (including phenoxy) is 1. The molecule has 0 spiro atoms. The van der Waals surface area contributed by atoms with Crippen LogP contribution in [0.15, 0.2) is 10.9 Å². The van der Waals surface area contributed by atoms with E-state index in [0.717, 1.165) is 4.57 Å². The van der Waals surface area contributed by atoms with Crippen molar-refractivity contribution in [2.75, 3.05) is 5.73 Å². The average molecular weight is 294 g/mol. The largest absolute Gasteiger partial charge is 0.391 e. The zero-order chi connectivity index (χ0) is 15.9. The summed E-state index contributed by atoms with van der Waals surface area (Å²) in [6.07, 6.45) is 0.901. The number of nitrogens with zero attached hydrogens (tertiary/aromatic N) is 2. The van der Waals surface area contributed by atoms with E-state index in [0.29, 0.717) is 5.69 Å². The van der Waals surface area contributed by atoms with Gasteiger partial charge in [-0.05, 0) is 19.9 Å². The fourth-order valence-electron chi connectivity index (χ4n) is 2.48. The Kier molecular flexibility index (Phi) is 3.78. The van der Waals surface area contributed by atoms with Crippen LogP contribution < -0.4 is 17.2 Å². The zero-order valence-corrected chi connectivity index (χ0v) is 11.7. The monoisotopic (exact) mass is 294 g/mol. The van der Waals surface area contributed by atoms with E-state index in [2.05, 4.69) is 10.9 Å². The van der Waals surface area contributed by atoms with Crippen LogP contribution in [0.25, 0.3) is 0 Å². The van der Waals surface area contributed by atoms with Gasteiger partial charge in [-0.25, -0.2) is 4.79 Å². The number of anilines is 1. The molecule has 21 heavy (non-hydrogen) atoms. The molecule has 0 radical (unpaired) electrons. The van der Waals surface area contributed by atoms with Crippen LogP contribution in [0.5, 0.6) is 0 Å². The van der Waals surface area contributed by atoms with Crippen LogP contribution in [0.1, 0.15) is 18.8 Å². The van der Waals surface area contributed by atoms with Crippen LogP contribution in [0.4, 0.5) is 5.82 Å². The van der Waals surface area contributed by atoms with Crippen molar-refractivity contribution < 1.29 is 14.9 Å². The Labute approximate surface area is 121 Å². The minimum absolute atomic E-state index is 0.0581. The molecule has 5 atom stereocenters. The van der Waals surface area contributed by atoms with Gasteiger partial charge in [-0.1, -0.05) is 5.92 Å². The summed E-state index contributed by atoms with van der Waals surface area (Å²) in [4.78, 5) is 15.7. The summed E-state index contributed by atoms with van der Waals surface area (Å²) in [7, 11) is 0. The number of nitrogens with two attached hydrogens (primary N) is 2. The number of aromatic nitrogens is 2. The molecule has 0 amide bonds. The number of terminal acetylenes is 1. The van der Waals surface area contributed by atoms with Gasteiger partial charge in [0.1, 0.15) is 18.0 Å². The molecule has 0 bridgehead atoms. The summed E-state index contributed by atoms with van der Waals surface area (Å²) in [6, 6.07) is 1.46. The van der Waals surface area contributed by atoms with E-state index >= 15 is 0 Å². The third-order valence-corrected chi connectivity index (χ3v) is 3.62. The van der Waals surface area contributed by atoms with E-state index in [1.807, 2.05) is 0 Å². The van der Waals surface area contributed by atoms with Crippen molar-refractivity contribution in [1.29, 1.82) is 0 Å². The van der Waals surface area contributed by atoms with Crippen molar-refractivity contribution >= 4 is 5.82 Å². The highest BCUT2D eigenvalue weighted by atomic mass is 16.5. The van der Waals surface area contributed by atoms with Gasteiger partial charge in [0.15, 0.2) is 11.8 Å². The maximum atomic E-state index is 12.1. The Morgan fingerprint density at radius 3 is 2.76 bits per heavy atom. The molecule has 1 aromatic rings. The van der Waals surface area contributed by atoms with Crippen molar-refractivity contribution in [2.24, 2.45) is 5.73 Å².